The fourth-order valence-corrected chi connectivity index (χ4v) is 3.23. The van der Waals surface area contributed by atoms with Gasteiger partial charge in [0.15, 0.2) is 0 Å². The second-order valence-electron chi connectivity index (χ2n) is 5.13. The van der Waals surface area contributed by atoms with Crippen LogP contribution in [0.3, 0.4) is 0 Å². The normalized spacial score (nSPS) is 11.9. The van der Waals surface area contributed by atoms with E-state index in [9.17, 15) is 12.8 Å². The Balaban J connectivity index is 2.25. The zero-order chi connectivity index (χ0) is 15.6. The van der Waals surface area contributed by atoms with Gasteiger partial charge in [-0.05, 0) is 54.8 Å². The Hall–Kier alpha value is -1.72. The Morgan fingerprint density at radius 3 is 2.19 bits per heavy atom. The molecule has 5 heteroatoms. The molecule has 0 aliphatic heterocycles. The molecular weight excluding hydrogens is 289 g/mol. The van der Waals surface area contributed by atoms with Crippen LogP contribution in [-0.2, 0) is 16.6 Å². The van der Waals surface area contributed by atoms with Crippen LogP contribution in [0.5, 0.6) is 0 Å². The smallest absolute Gasteiger partial charge is 0.207 e. The first kappa shape index (κ1) is 15.7. The van der Waals surface area contributed by atoms with Gasteiger partial charge >= 0.3 is 0 Å². The first-order valence-corrected chi connectivity index (χ1v) is 8.03. The Bertz CT molecular complexity index is 739. The van der Waals surface area contributed by atoms with Gasteiger partial charge < -0.3 is 0 Å². The van der Waals surface area contributed by atoms with Crippen LogP contribution in [0.15, 0.2) is 47.4 Å². The molecule has 0 bridgehead atoms. The average molecular weight is 307 g/mol. The monoisotopic (exact) mass is 307 g/mol. The molecule has 0 aliphatic carbocycles. The standard InChI is InChI=1S/C16H18FNO2S/c1-12-4-9-16(10-13(12)2)21(19,20)18(3)11-14-5-7-15(17)8-6-14/h4-10H,11H2,1-3H3. The number of halogens is 1. The highest BCUT2D eigenvalue weighted by Gasteiger charge is 2.21. The van der Waals surface area contributed by atoms with Gasteiger partial charge in [0.05, 0.1) is 4.90 Å². The lowest BCUT2D eigenvalue weighted by molar-refractivity contribution is 0.466. The van der Waals surface area contributed by atoms with Gasteiger partial charge in [-0.2, -0.15) is 4.31 Å². The van der Waals surface area contributed by atoms with Crippen LogP contribution in [-0.4, -0.2) is 19.8 Å². The molecule has 0 amide bonds. The van der Waals surface area contributed by atoms with E-state index >= 15 is 0 Å². The summed E-state index contributed by atoms with van der Waals surface area (Å²) in [5.41, 5.74) is 2.73. The van der Waals surface area contributed by atoms with Gasteiger partial charge in [-0.15, -0.1) is 0 Å². The molecule has 2 aromatic carbocycles. The van der Waals surface area contributed by atoms with Crippen LogP contribution in [0.2, 0.25) is 0 Å². The third-order valence-electron chi connectivity index (χ3n) is 3.51. The van der Waals surface area contributed by atoms with E-state index in [1.54, 1.807) is 30.3 Å². The fourth-order valence-electron chi connectivity index (χ4n) is 1.99. The molecule has 0 saturated heterocycles. The Morgan fingerprint density at radius 1 is 1.00 bits per heavy atom. The predicted molar refractivity (Wildman–Crippen MR) is 81.0 cm³/mol. The van der Waals surface area contributed by atoms with E-state index in [0.717, 1.165) is 16.7 Å². The van der Waals surface area contributed by atoms with Gasteiger partial charge in [0.2, 0.25) is 10.0 Å². The van der Waals surface area contributed by atoms with Crippen molar-refractivity contribution in [2.24, 2.45) is 0 Å². The number of nitrogens with zero attached hydrogens (tertiary/aromatic N) is 1. The maximum absolute atomic E-state index is 12.9. The molecule has 112 valence electrons. The van der Waals surface area contributed by atoms with Crippen LogP contribution in [0.4, 0.5) is 4.39 Å². The highest BCUT2D eigenvalue weighted by atomic mass is 32.2. The Kier molecular flexibility index (Phi) is 4.44. The SMILES string of the molecule is Cc1ccc(S(=O)(=O)N(C)Cc2ccc(F)cc2)cc1C. The van der Waals surface area contributed by atoms with Crippen molar-refractivity contribution in [3.63, 3.8) is 0 Å². The second-order valence-corrected chi connectivity index (χ2v) is 7.18. The van der Waals surface area contributed by atoms with Crippen molar-refractivity contribution in [3.8, 4) is 0 Å². The summed E-state index contributed by atoms with van der Waals surface area (Å²) in [4.78, 5) is 0.273. The lowest BCUT2D eigenvalue weighted by Gasteiger charge is -2.18. The van der Waals surface area contributed by atoms with Crippen molar-refractivity contribution >= 4 is 10.0 Å². The van der Waals surface area contributed by atoms with Crippen molar-refractivity contribution in [2.75, 3.05) is 7.05 Å². The minimum atomic E-state index is -3.55. The zero-order valence-corrected chi connectivity index (χ0v) is 13.1. The van der Waals surface area contributed by atoms with Crippen LogP contribution in [0, 0.1) is 19.7 Å². The van der Waals surface area contributed by atoms with Crippen molar-refractivity contribution in [1.82, 2.24) is 4.31 Å². The third kappa shape index (κ3) is 3.49. The summed E-state index contributed by atoms with van der Waals surface area (Å²) in [5, 5.41) is 0. The van der Waals surface area contributed by atoms with Crippen molar-refractivity contribution < 1.29 is 12.8 Å². The molecule has 0 N–H and O–H groups in total. The summed E-state index contributed by atoms with van der Waals surface area (Å²) in [6.45, 7) is 4.03. The van der Waals surface area contributed by atoms with E-state index in [1.165, 1.54) is 23.5 Å². The average Bonchev–Trinajstić information content (AvgIpc) is 2.44. The number of benzene rings is 2. The third-order valence-corrected chi connectivity index (χ3v) is 5.30. The number of hydrogen-bond donors (Lipinski definition) is 0. The molecule has 2 rings (SSSR count). The molecule has 0 atom stereocenters. The first-order chi connectivity index (χ1) is 9.80. The first-order valence-electron chi connectivity index (χ1n) is 6.59. The Morgan fingerprint density at radius 2 is 1.62 bits per heavy atom. The molecular formula is C16H18FNO2S. The molecule has 0 aliphatic rings. The topological polar surface area (TPSA) is 37.4 Å². The highest BCUT2D eigenvalue weighted by molar-refractivity contribution is 7.89. The van der Waals surface area contributed by atoms with E-state index in [0.29, 0.717) is 0 Å². The van der Waals surface area contributed by atoms with E-state index in [1.807, 2.05) is 13.8 Å². The van der Waals surface area contributed by atoms with Crippen molar-refractivity contribution in [1.29, 1.82) is 0 Å². The fraction of sp³-hybridized carbons (Fsp3) is 0.250. The van der Waals surface area contributed by atoms with Crippen LogP contribution < -0.4 is 0 Å². The van der Waals surface area contributed by atoms with Crippen LogP contribution in [0.1, 0.15) is 16.7 Å². The summed E-state index contributed by atoms with van der Waals surface area (Å²) < 4.78 is 39.2. The number of hydrogen-bond acceptors (Lipinski definition) is 2. The summed E-state index contributed by atoms with van der Waals surface area (Å²) >= 11 is 0. The van der Waals surface area contributed by atoms with E-state index in [4.69, 9.17) is 0 Å². The van der Waals surface area contributed by atoms with Crippen molar-refractivity contribution in [3.05, 3.63) is 65.0 Å². The molecule has 3 nitrogen and oxygen atoms in total. The molecule has 21 heavy (non-hydrogen) atoms. The molecule has 0 spiro atoms. The largest absolute Gasteiger partial charge is 0.243 e. The number of rotatable bonds is 4. The summed E-state index contributed by atoms with van der Waals surface area (Å²) in [7, 11) is -2.03. The second kappa shape index (κ2) is 5.95. The van der Waals surface area contributed by atoms with E-state index in [2.05, 4.69) is 0 Å². The van der Waals surface area contributed by atoms with Crippen molar-refractivity contribution in [2.45, 2.75) is 25.3 Å². The summed E-state index contributed by atoms with van der Waals surface area (Å²) in [5.74, 6) is -0.335. The highest BCUT2D eigenvalue weighted by Crippen LogP contribution is 2.19. The summed E-state index contributed by atoms with van der Waals surface area (Å²) in [6.07, 6.45) is 0. The number of aryl methyl sites for hydroxylation is 2. The lowest BCUT2D eigenvalue weighted by Crippen LogP contribution is -2.26. The quantitative estimate of drug-likeness (QED) is 0.869. The van der Waals surface area contributed by atoms with Crippen LogP contribution in [0.25, 0.3) is 0 Å². The maximum Gasteiger partial charge on any atom is 0.243 e. The molecule has 0 heterocycles. The molecule has 0 fully saturated rings. The van der Waals surface area contributed by atoms with E-state index in [-0.39, 0.29) is 17.3 Å². The molecule has 0 unspecified atom stereocenters. The zero-order valence-electron chi connectivity index (χ0n) is 12.3. The van der Waals surface area contributed by atoms with Gasteiger partial charge in [0, 0.05) is 13.6 Å². The van der Waals surface area contributed by atoms with Gasteiger partial charge in [0.1, 0.15) is 5.82 Å². The molecule has 0 radical (unpaired) electrons. The molecule has 2 aromatic rings. The van der Waals surface area contributed by atoms with Gasteiger partial charge in [0.25, 0.3) is 0 Å². The van der Waals surface area contributed by atoms with E-state index < -0.39 is 10.0 Å². The van der Waals surface area contributed by atoms with Gasteiger partial charge in [-0.3, -0.25) is 0 Å². The van der Waals surface area contributed by atoms with Gasteiger partial charge in [-0.25, -0.2) is 12.8 Å². The minimum absolute atomic E-state index is 0.204. The Labute approximate surface area is 125 Å². The van der Waals surface area contributed by atoms with Crippen LogP contribution >= 0.6 is 0 Å². The predicted octanol–water partition coefficient (Wildman–Crippen LogP) is 3.26. The summed E-state index contributed by atoms with van der Waals surface area (Å²) in [6, 6.07) is 10.9. The van der Waals surface area contributed by atoms with Gasteiger partial charge in [-0.1, -0.05) is 18.2 Å². The maximum atomic E-state index is 12.9. The minimum Gasteiger partial charge on any atom is -0.207 e. The number of sulfonamides is 1. The lowest BCUT2D eigenvalue weighted by atomic mass is 10.1. The molecule has 0 aromatic heterocycles. The molecule has 0 saturated carbocycles.